The van der Waals surface area contributed by atoms with E-state index in [0.29, 0.717) is 18.3 Å². The number of rotatable bonds is 5. The van der Waals surface area contributed by atoms with Crippen LogP contribution >= 0.6 is 0 Å². The zero-order valence-corrected chi connectivity index (χ0v) is 15.8. The summed E-state index contributed by atoms with van der Waals surface area (Å²) < 4.78 is 5.39. The molecule has 4 nitrogen and oxygen atoms in total. The fraction of sp³-hybridized carbons (Fsp3) is 0.435. The second-order valence-corrected chi connectivity index (χ2v) is 7.66. The molecule has 2 bridgehead atoms. The van der Waals surface area contributed by atoms with Crippen LogP contribution in [0.3, 0.4) is 0 Å². The highest BCUT2D eigenvalue weighted by atomic mass is 16.5. The molecule has 140 valence electrons. The summed E-state index contributed by atoms with van der Waals surface area (Å²) in [6.45, 7) is 6.02. The quantitative estimate of drug-likeness (QED) is 0.654. The molecule has 0 spiro atoms. The maximum atomic E-state index is 11.4. The standard InChI is InChI=1S/C23H26N2O2/c1-4-6-17-12-20(19-13-18(27-3)7-8-21(19)24-17)23(26)22-11-16-9-10-25(22)14-15(16)5-2/h1,5,7-8,12-13,15-16,22-23,26H,2,6,9-11,14H2,3H3/t15-,16?,22-,23+/m0/s1. The molecule has 1 aromatic carbocycles. The molecule has 5 atom stereocenters. The summed E-state index contributed by atoms with van der Waals surface area (Å²) in [6.07, 6.45) is 9.65. The molecule has 0 aliphatic carbocycles. The molecule has 0 saturated carbocycles. The molecule has 0 radical (unpaired) electrons. The molecule has 27 heavy (non-hydrogen) atoms. The lowest BCUT2D eigenvalue weighted by Gasteiger charge is -2.50. The number of fused-ring (bicyclic) bond motifs is 4. The number of methoxy groups -OCH3 is 1. The lowest BCUT2D eigenvalue weighted by molar-refractivity contribution is -0.0445. The van der Waals surface area contributed by atoms with Crippen molar-refractivity contribution in [2.24, 2.45) is 11.8 Å². The monoisotopic (exact) mass is 362 g/mol. The Morgan fingerprint density at radius 1 is 1.48 bits per heavy atom. The molecule has 2 aromatic rings. The van der Waals surface area contributed by atoms with Gasteiger partial charge in [-0.05, 0) is 61.1 Å². The molecule has 2 unspecified atom stereocenters. The summed E-state index contributed by atoms with van der Waals surface area (Å²) in [5, 5.41) is 12.3. The number of aromatic nitrogens is 1. The number of aliphatic hydroxyl groups is 1. The van der Waals surface area contributed by atoms with Crippen molar-refractivity contribution in [1.29, 1.82) is 0 Å². The minimum absolute atomic E-state index is 0.121. The van der Waals surface area contributed by atoms with Gasteiger partial charge in [0.1, 0.15) is 5.75 Å². The van der Waals surface area contributed by atoms with E-state index < -0.39 is 6.10 Å². The van der Waals surface area contributed by atoms with Crippen molar-refractivity contribution in [1.82, 2.24) is 9.88 Å². The van der Waals surface area contributed by atoms with Crippen LogP contribution in [-0.4, -0.2) is 41.2 Å². The zero-order valence-electron chi connectivity index (χ0n) is 15.8. The number of aliphatic hydroxyl groups excluding tert-OH is 1. The molecular formula is C23H26N2O2. The molecule has 5 rings (SSSR count). The molecule has 3 saturated heterocycles. The van der Waals surface area contributed by atoms with E-state index in [0.717, 1.165) is 47.4 Å². The summed E-state index contributed by atoms with van der Waals surface area (Å²) >= 11 is 0. The molecule has 3 aliphatic heterocycles. The summed E-state index contributed by atoms with van der Waals surface area (Å²) in [5.41, 5.74) is 2.57. The highest BCUT2D eigenvalue weighted by Crippen LogP contribution is 2.42. The predicted octanol–water partition coefficient (Wildman–Crippen LogP) is 3.35. The number of terminal acetylenes is 1. The maximum absolute atomic E-state index is 11.4. The van der Waals surface area contributed by atoms with Crippen LogP contribution in [0.1, 0.15) is 30.2 Å². The number of pyridine rings is 1. The maximum Gasteiger partial charge on any atom is 0.119 e. The summed E-state index contributed by atoms with van der Waals surface area (Å²) in [4.78, 5) is 7.09. The Labute approximate surface area is 160 Å². The molecular weight excluding hydrogens is 336 g/mol. The molecule has 3 aliphatic rings. The first-order chi connectivity index (χ1) is 13.1. The first-order valence-electron chi connectivity index (χ1n) is 9.60. The first kappa shape index (κ1) is 18.0. The van der Waals surface area contributed by atoms with Gasteiger partial charge in [0, 0.05) is 18.0 Å². The summed E-state index contributed by atoms with van der Waals surface area (Å²) in [5.74, 6) is 4.58. The Kier molecular flexibility index (Phi) is 4.90. The van der Waals surface area contributed by atoms with Gasteiger partial charge in [-0.1, -0.05) is 6.08 Å². The summed E-state index contributed by atoms with van der Waals surface area (Å²) in [6, 6.07) is 7.89. The van der Waals surface area contributed by atoms with Crippen LogP contribution in [0.4, 0.5) is 0 Å². The Hall–Kier alpha value is -2.35. The third-order valence-corrected chi connectivity index (χ3v) is 6.22. The van der Waals surface area contributed by atoms with Crippen LogP contribution in [0, 0.1) is 24.2 Å². The van der Waals surface area contributed by atoms with Gasteiger partial charge < -0.3 is 9.84 Å². The molecule has 3 fully saturated rings. The minimum atomic E-state index is -0.576. The van der Waals surface area contributed by atoms with Crippen molar-refractivity contribution in [3.05, 3.63) is 48.2 Å². The van der Waals surface area contributed by atoms with Gasteiger partial charge in [-0.2, -0.15) is 0 Å². The molecule has 1 aromatic heterocycles. The molecule has 0 amide bonds. The zero-order chi connectivity index (χ0) is 19.0. The average molecular weight is 362 g/mol. The summed E-state index contributed by atoms with van der Waals surface area (Å²) in [7, 11) is 1.65. The van der Waals surface area contributed by atoms with E-state index >= 15 is 0 Å². The van der Waals surface area contributed by atoms with E-state index in [1.807, 2.05) is 24.3 Å². The van der Waals surface area contributed by atoms with E-state index in [1.54, 1.807) is 7.11 Å². The van der Waals surface area contributed by atoms with E-state index in [9.17, 15) is 5.11 Å². The fourth-order valence-corrected chi connectivity index (χ4v) is 4.77. The third-order valence-electron chi connectivity index (χ3n) is 6.22. The Balaban J connectivity index is 1.75. The van der Waals surface area contributed by atoms with Gasteiger partial charge in [-0.3, -0.25) is 9.88 Å². The Bertz CT molecular complexity index is 901. The SMILES string of the molecule is C#CCc1cc([C@@H](O)[C@@H]2CC3CCN2C[C@@H]3C=C)c2cc(OC)ccc2n1. The van der Waals surface area contributed by atoms with Crippen LogP contribution in [0.2, 0.25) is 0 Å². The van der Waals surface area contributed by atoms with Crippen molar-refractivity contribution in [3.8, 4) is 18.1 Å². The molecule has 1 N–H and O–H groups in total. The number of piperidine rings is 3. The van der Waals surface area contributed by atoms with Gasteiger partial charge in [-0.15, -0.1) is 18.9 Å². The van der Waals surface area contributed by atoms with E-state index in [-0.39, 0.29) is 6.04 Å². The number of hydrogen-bond acceptors (Lipinski definition) is 4. The average Bonchev–Trinajstić information content (AvgIpc) is 2.72. The lowest BCUT2D eigenvalue weighted by Crippen LogP contribution is -2.54. The smallest absolute Gasteiger partial charge is 0.119 e. The van der Waals surface area contributed by atoms with E-state index in [1.165, 1.54) is 6.42 Å². The van der Waals surface area contributed by atoms with Gasteiger partial charge in [0.2, 0.25) is 0 Å². The normalized spacial score (nSPS) is 27.9. The topological polar surface area (TPSA) is 45.6 Å². The molecule has 4 heteroatoms. The first-order valence-corrected chi connectivity index (χ1v) is 9.60. The van der Waals surface area contributed by atoms with Gasteiger partial charge in [0.05, 0.1) is 30.8 Å². The van der Waals surface area contributed by atoms with Crippen LogP contribution in [0.5, 0.6) is 5.75 Å². The highest BCUT2D eigenvalue weighted by Gasteiger charge is 2.42. The largest absolute Gasteiger partial charge is 0.497 e. The molecule has 4 heterocycles. The van der Waals surface area contributed by atoms with Crippen LogP contribution in [0.25, 0.3) is 10.9 Å². The number of hydrogen-bond donors (Lipinski definition) is 1. The Morgan fingerprint density at radius 3 is 3.00 bits per heavy atom. The van der Waals surface area contributed by atoms with Crippen molar-refractivity contribution >= 4 is 10.9 Å². The van der Waals surface area contributed by atoms with Crippen molar-refractivity contribution < 1.29 is 9.84 Å². The van der Waals surface area contributed by atoms with Crippen LogP contribution in [0.15, 0.2) is 36.9 Å². The highest BCUT2D eigenvalue weighted by molar-refractivity contribution is 5.84. The van der Waals surface area contributed by atoms with Crippen LogP contribution < -0.4 is 4.74 Å². The van der Waals surface area contributed by atoms with Gasteiger partial charge in [-0.25, -0.2) is 0 Å². The van der Waals surface area contributed by atoms with Gasteiger partial charge in [0.15, 0.2) is 0 Å². The van der Waals surface area contributed by atoms with Crippen molar-refractivity contribution in [3.63, 3.8) is 0 Å². The van der Waals surface area contributed by atoms with Gasteiger partial charge in [0.25, 0.3) is 0 Å². The number of benzene rings is 1. The minimum Gasteiger partial charge on any atom is -0.497 e. The fourth-order valence-electron chi connectivity index (χ4n) is 4.77. The van der Waals surface area contributed by atoms with Gasteiger partial charge >= 0.3 is 0 Å². The number of nitrogens with zero attached hydrogens (tertiary/aromatic N) is 2. The van der Waals surface area contributed by atoms with E-state index in [4.69, 9.17) is 11.2 Å². The Morgan fingerprint density at radius 2 is 2.33 bits per heavy atom. The van der Waals surface area contributed by atoms with Crippen molar-refractivity contribution in [2.75, 3.05) is 20.2 Å². The van der Waals surface area contributed by atoms with Crippen molar-refractivity contribution in [2.45, 2.75) is 31.4 Å². The van der Waals surface area contributed by atoms with E-state index in [2.05, 4.69) is 28.5 Å². The number of ether oxygens (including phenoxy) is 1. The lowest BCUT2D eigenvalue weighted by atomic mass is 9.73. The third kappa shape index (κ3) is 3.22. The predicted molar refractivity (Wildman–Crippen MR) is 108 cm³/mol. The second kappa shape index (κ2) is 7.34. The van der Waals surface area contributed by atoms with Crippen LogP contribution in [-0.2, 0) is 6.42 Å². The second-order valence-electron chi connectivity index (χ2n) is 7.66.